The van der Waals surface area contributed by atoms with Crippen LogP contribution in [0.2, 0.25) is 0 Å². The first-order valence-corrected chi connectivity index (χ1v) is 7.71. The van der Waals surface area contributed by atoms with E-state index in [1.165, 1.54) is 4.88 Å². The lowest BCUT2D eigenvalue weighted by atomic mass is 10.2. The molecule has 0 aliphatic heterocycles. The van der Waals surface area contributed by atoms with Crippen LogP contribution >= 0.6 is 23.6 Å². The quantitative estimate of drug-likeness (QED) is 0.831. The Morgan fingerprint density at radius 3 is 2.85 bits per heavy atom. The lowest BCUT2D eigenvalue weighted by molar-refractivity contribution is 0.741. The Labute approximate surface area is 128 Å². The average molecular weight is 309 g/mol. The maximum atomic E-state index is 5.79. The third-order valence-corrected chi connectivity index (χ3v) is 4.64. The molecule has 1 atom stereocenters. The molecule has 5 nitrogen and oxygen atoms in total. The Balaban J connectivity index is 2.27. The molecule has 2 rings (SSSR count). The molecule has 0 amide bonds. The largest absolute Gasteiger partial charge is 0.389 e. The van der Waals surface area contributed by atoms with Crippen molar-refractivity contribution in [3.05, 3.63) is 27.3 Å². The van der Waals surface area contributed by atoms with Gasteiger partial charge in [0.25, 0.3) is 0 Å². The van der Waals surface area contributed by atoms with Gasteiger partial charge in [0.1, 0.15) is 15.8 Å². The van der Waals surface area contributed by atoms with Crippen LogP contribution in [-0.2, 0) is 13.5 Å². The van der Waals surface area contributed by atoms with Gasteiger partial charge in [0.2, 0.25) is 0 Å². The van der Waals surface area contributed by atoms with E-state index in [1.54, 1.807) is 16.0 Å². The van der Waals surface area contributed by atoms with E-state index >= 15 is 0 Å². The molecule has 2 aromatic heterocycles. The highest BCUT2D eigenvalue weighted by Crippen LogP contribution is 2.26. The highest BCUT2D eigenvalue weighted by Gasteiger charge is 2.19. The zero-order valence-electron chi connectivity index (χ0n) is 12.1. The fourth-order valence-electron chi connectivity index (χ4n) is 2.07. The Morgan fingerprint density at radius 2 is 2.30 bits per heavy atom. The number of hydrogen-bond acceptors (Lipinski definition) is 5. The molecule has 1 unspecified atom stereocenters. The predicted octanol–water partition coefficient (Wildman–Crippen LogP) is 2.55. The highest BCUT2D eigenvalue weighted by molar-refractivity contribution is 7.80. The number of thiocarbonyl (C=S) groups is 1. The van der Waals surface area contributed by atoms with Crippen LogP contribution in [0.5, 0.6) is 0 Å². The lowest BCUT2D eigenvalue weighted by Gasteiger charge is -2.14. The molecule has 2 aromatic rings. The smallest absolute Gasteiger partial charge is 0.135 e. The van der Waals surface area contributed by atoms with Crippen molar-refractivity contribution in [1.29, 1.82) is 0 Å². The summed E-state index contributed by atoms with van der Waals surface area (Å²) in [5.41, 5.74) is 7.44. The number of hydrogen-bond donors (Lipinski definition) is 2. The number of aromatic nitrogens is 3. The van der Waals surface area contributed by atoms with Crippen LogP contribution < -0.4 is 11.1 Å². The van der Waals surface area contributed by atoms with Crippen LogP contribution in [0, 0.1) is 6.92 Å². The molecule has 0 aliphatic carbocycles. The summed E-state index contributed by atoms with van der Waals surface area (Å²) in [5.74, 6) is 0.843. The third kappa shape index (κ3) is 2.83. The normalized spacial score (nSPS) is 12.4. The molecule has 108 valence electrons. The maximum Gasteiger partial charge on any atom is 0.135 e. The molecule has 3 N–H and O–H groups in total. The molecule has 7 heteroatoms. The Hall–Kier alpha value is -1.47. The first-order valence-electron chi connectivity index (χ1n) is 6.48. The van der Waals surface area contributed by atoms with Gasteiger partial charge < -0.3 is 11.1 Å². The number of thiazole rings is 1. The van der Waals surface area contributed by atoms with Crippen LogP contribution in [0.15, 0.2) is 6.20 Å². The van der Waals surface area contributed by atoms with Gasteiger partial charge in [0.15, 0.2) is 0 Å². The summed E-state index contributed by atoms with van der Waals surface area (Å²) in [6.07, 6.45) is 2.94. The van der Waals surface area contributed by atoms with Crippen molar-refractivity contribution in [2.75, 3.05) is 5.32 Å². The number of nitrogens with two attached hydrogens (primary N) is 1. The average Bonchev–Trinajstić information content (AvgIpc) is 2.94. The van der Waals surface area contributed by atoms with Gasteiger partial charge in [-0.3, -0.25) is 4.68 Å². The number of aryl methyl sites for hydroxylation is 3. The van der Waals surface area contributed by atoms with E-state index in [1.807, 2.05) is 20.2 Å². The zero-order chi connectivity index (χ0) is 14.9. The molecule has 0 bridgehead atoms. The van der Waals surface area contributed by atoms with E-state index in [-0.39, 0.29) is 6.04 Å². The monoisotopic (exact) mass is 309 g/mol. The van der Waals surface area contributed by atoms with Crippen molar-refractivity contribution in [3.63, 3.8) is 0 Å². The van der Waals surface area contributed by atoms with Gasteiger partial charge in [-0.1, -0.05) is 19.1 Å². The third-order valence-electron chi connectivity index (χ3n) is 3.11. The molecule has 20 heavy (non-hydrogen) atoms. The van der Waals surface area contributed by atoms with Crippen molar-refractivity contribution in [2.45, 2.75) is 33.2 Å². The van der Waals surface area contributed by atoms with Crippen molar-refractivity contribution in [3.8, 4) is 0 Å². The first kappa shape index (κ1) is 14.9. The summed E-state index contributed by atoms with van der Waals surface area (Å²) < 4.78 is 1.77. The minimum absolute atomic E-state index is 0.0863. The first-order chi connectivity index (χ1) is 9.43. The zero-order valence-corrected chi connectivity index (χ0v) is 13.7. The van der Waals surface area contributed by atoms with Crippen LogP contribution in [-0.4, -0.2) is 19.8 Å². The van der Waals surface area contributed by atoms with E-state index in [4.69, 9.17) is 18.0 Å². The number of anilines is 1. The Morgan fingerprint density at radius 1 is 1.60 bits per heavy atom. The van der Waals surface area contributed by atoms with E-state index < -0.39 is 0 Å². The minimum Gasteiger partial charge on any atom is -0.389 e. The van der Waals surface area contributed by atoms with Crippen molar-refractivity contribution < 1.29 is 0 Å². The predicted molar refractivity (Wildman–Crippen MR) is 87.4 cm³/mol. The molecule has 0 fully saturated rings. The molecule has 0 spiro atoms. The molecule has 2 heterocycles. The fourth-order valence-corrected chi connectivity index (χ4v) is 3.18. The Bertz CT molecular complexity index is 629. The molecule has 0 radical (unpaired) electrons. The van der Waals surface area contributed by atoms with E-state index in [2.05, 4.69) is 29.2 Å². The minimum atomic E-state index is 0.0863. The van der Waals surface area contributed by atoms with Crippen LogP contribution in [0.25, 0.3) is 0 Å². The second-order valence-electron chi connectivity index (χ2n) is 4.68. The van der Waals surface area contributed by atoms with Crippen LogP contribution in [0.4, 0.5) is 5.82 Å². The van der Waals surface area contributed by atoms with Gasteiger partial charge in [-0.15, -0.1) is 11.3 Å². The van der Waals surface area contributed by atoms with Gasteiger partial charge in [0.05, 0.1) is 17.3 Å². The van der Waals surface area contributed by atoms with Crippen molar-refractivity contribution in [2.24, 2.45) is 12.8 Å². The summed E-state index contributed by atoms with van der Waals surface area (Å²) in [5, 5.41) is 8.84. The summed E-state index contributed by atoms with van der Waals surface area (Å²) in [6, 6.07) is 0.0863. The number of nitrogens with one attached hydrogen (secondary N) is 1. The van der Waals surface area contributed by atoms with E-state index in [0.29, 0.717) is 4.99 Å². The fraction of sp³-hybridized carbons (Fsp3) is 0.462. The summed E-state index contributed by atoms with van der Waals surface area (Å²) in [4.78, 5) is 6.10. The van der Waals surface area contributed by atoms with Gasteiger partial charge in [-0.2, -0.15) is 5.10 Å². The van der Waals surface area contributed by atoms with Gasteiger partial charge in [0, 0.05) is 18.1 Å². The molecule has 0 aliphatic rings. The van der Waals surface area contributed by atoms with Gasteiger partial charge in [-0.05, 0) is 20.3 Å². The second-order valence-corrected chi connectivity index (χ2v) is 6.27. The topological polar surface area (TPSA) is 68.8 Å². The molecule has 0 aromatic carbocycles. The number of rotatable bonds is 5. The molecular formula is C13H19N5S2. The standard InChI is InChI=1S/C13H19N5S2/c1-5-9-6-15-13(20-9)8(3)16-12-10(11(14)19)7(2)17-18(12)4/h6,8,16H,5H2,1-4H3,(H2,14,19). The summed E-state index contributed by atoms with van der Waals surface area (Å²) in [7, 11) is 1.88. The molecule has 0 saturated carbocycles. The van der Waals surface area contributed by atoms with Crippen LogP contribution in [0.1, 0.15) is 41.0 Å². The number of nitrogens with zero attached hydrogens (tertiary/aromatic N) is 3. The lowest BCUT2D eigenvalue weighted by Crippen LogP contribution is -2.16. The van der Waals surface area contributed by atoms with Crippen molar-refractivity contribution >= 4 is 34.4 Å². The van der Waals surface area contributed by atoms with Crippen molar-refractivity contribution in [1.82, 2.24) is 14.8 Å². The SMILES string of the molecule is CCc1cnc(C(C)Nc2c(C(N)=S)c(C)nn2C)s1. The highest BCUT2D eigenvalue weighted by atomic mass is 32.1. The summed E-state index contributed by atoms with van der Waals surface area (Å²) >= 11 is 6.83. The van der Waals surface area contributed by atoms with Gasteiger partial charge in [-0.25, -0.2) is 4.98 Å². The van der Waals surface area contributed by atoms with Crippen LogP contribution in [0.3, 0.4) is 0 Å². The molecular weight excluding hydrogens is 290 g/mol. The van der Waals surface area contributed by atoms with Gasteiger partial charge >= 0.3 is 0 Å². The van der Waals surface area contributed by atoms with E-state index in [9.17, 15) is 0 Å². The summed E-state index contributed by atoms with van der Waals surface area (Å²) in [6.45, 7) is 6.11. The molecule has 0 saturated heterocycles. The van der Waals surface area contributed by atoms with E-state index in [0.717, 1.165) is 28.5 Å². The Kier molecular flexibility index (Phi) is 4.39. The maximum absolute atomic E-state index is 5.79. The second kappa shape index (κ2) is 5.88.